The molecule has 1 aliphatic rings. The summed E-state index contributed by atoms with van der Waals surface area (Å²) in [6.07, 6.45) is 0. The highest BCUT2D eigenvalue weighted by Gasteiger charge is 2.51. The molecule has 0 aliphatic carbocycles. The second-order valence-corrected chi connectivity index (χ2v) is 8.32. The van der Waals surface area contributed by atoms with Gasteiger partial charge in [-0.3, -0.25) is 0 Å². The monoisotopic (exact) mass is 320 g/mol. The predicted octanol–water partition coefficient (Wildman–Crippen LogP) is 1.84. The molecule has 128 valence electrons. The molecule has 1 heterocycles. The predicted molar refractivity (Wildman–Crippen MR) is 95.4 cm³/mol. The van der Waals surface area contributed by atoms with Gasteiger partial charge in [0.2, 0.25) is 0 Å². The van der Waals surface area contributed by atoms with Crippen molar-refractivity contribution in [2.45, 2.75) is 65.2 Å². The maximum atomic E-state index is 12.1. The Morgan fingerprint density at radius 2 is 1.61 bits per heavy atom. The number of rotatable bonds is 3. The molecule has 2 rings (SSSR count). The summed E-state index contributed by atoms with van der Waals surface area (Å²) in [5.74, 6) is 0. The lowest BCUT2D eigenvalue weighted by atomic mass is 9.78. The summed E-state index contributed by atoms with van der Waals surface area (Å²) in [6.45, 7) is 14.3. The average molecular weight is 320 g/mol. The maximum Gasteiger partial charge on any atom is 0.495 e. The van der Waals surface area contributed by atoms with Crippen LogP contribution in [0.5, 0.6) is 0 Å². The molecule has 0 radical (unpaired) electrons. The molecule has 6 heteroatoms. The number of nitrogens with one attached hydrogen (secondary N) is 2. The highest BCUT2D eigenvalue weighted by atomic mass is 16.7. The van der Waals surface area contributed by atoms with Crippen LogP contribution in [0.3, 0.4) is 0 Å². The lowest BCUT2D eigenvalue weighted by Gasteiger charge is -2.32. The van der Waals surface area contributed by atoms with Crippen molar-refractivity contribution < 1.29 is 14.4 Å². The Labute approximate surface area is 140 Å². The Hall–Kier alpha value is -1.08. The molecule has 0 bridgehead atoms. The van der Waals surface area contributed by atoms with Gasteiger partial charge in [0, 0.05) is 11.6 Å². The van der Waals surface area contributed by atoms with E-state index >= 15 is 0 Å². The van der Waals surface area contributed by atoms with E-state index in [1.807, 2.05) is 45.9 Å². The van der Waals surface area contributed by atoms with E-state index in [9.17, 15) is 5.21 Å². The van der Waals surface area contributed by atoms with Crippen LogP contribution in [-0.4, -0.2) is 30.9 Å². The van der Waals surface area contributed by atoms with E-state index in [2.05, 4.69) is 26.1 Å². The largest absolute Gasteiger partial charge is 0.629 e. The van der Waals surface area contributed by atoms with Crippen molar-refractivity contribution in [1.29, 1.82) is 0 Å². The number of hydrogen-bond acceptors (Lipinski definition) is 4. The van der Waals surface area contributed by atoms with Gasteiger partial charge in [-0.25, -0.2) is 0 Å². The molecule has 23 heavy (non-hydrogen) atoms. The van der Waals surface area contributed by atoms with Crippen LogP contribution in [0.25, 0.3) is 0 Å². The third-order valence-electron chi connectivity index (χ3n) is 4.46. The molecule has 0 aromatic heterocycles. The van der Waals surface area contributed by atoms with Crippen LogP contribution < -0.4 is 15.8 Å². The van der Waals surface area contributed by atoms with E-state index in [4.69, 9.17) is 9.31 Å². The van der Waals surface area contributed by atoms with E-state index in [0.29, 0.717) is 5.69 Å². The third kappa shape index (κ3) is 3.88. The minimum Gasteiger partial charge on any atom is -0.629 e. The van der Waals surface area contributed by atoms with Crippen molar-refractivity contribution in [3.63, 3.8) is 0 Å². The average Bonchev–Trinajstić information content (AvgIpc) is 2.56. The minimum atomic E-state index is -0.457. The summed E-state index contributed by atoms with van der Waals surface area (Å²) in [4.78, 5) is 0. The minimum absolute atomic E-state index is 0.0233. The summed E-state index contributed by atoms with van der Waals surface area (Å²) in [5.41, 5.74) is 1.47. The van der Waals surface area contributed by atoms with Gasteiger partial charge in [0.05, 0.1) is 23.9 Å². The van der Waals surface area contributed by atoms with Crippen molar-refractivity contribution in [3.8, 4) is 0 Å². The molecule has 2 N–H and O–H groups in total. The second kappa shape index (κ2) is 5.78. The first-order valence-corrected chi connectivity index (χ1v) is 8.11. The van der Waals surface area contributed by atoms with E-state index in [0.717, 1.165) is 11.2 Å². The zero-order valence-electron chi connectivity index (χ0n) is 15.5. The smallest absolute Gasteiger partial charge is 0.495 e. The number of hydroxylamine groups is 1. The highest BCUT2D eigenvalue weighted by Crippen LogP contribution is 2.36. The quantitative estimate of drug-likeness (QED) is 0.659. The first kappa shape index (κ1) is 18.3. The Kier molecular flexibility index (Phi) is 4.59. The lowest BCUT2D eigenvalue weighted by molar-refractivity contribution is -0.750. The normalized spacial score (nSPS) is 21.3. The third-order valence-corrected chi connectivity index (χ3v) is 4.46. The molecule has 1 aliphatic heterocycles. The van der Waals surface area contributed by atoms with Gasteiger partial charge < -0.3 is 24.9 Å². The molecule has 1 aromatic rings. The zero-order valence-corrected chi connectivity index (χ0v) is 15.5. The lowest BCUT2D eigenvalue weighted by Crippen LogP contribution is -2.98. The first-order valence-electron chi connectivity index (χ1n) is 8.11. The number of quaternary nitrogens is 1. The molecule has 0 amide bonds. The SMILES string of the molecule is C[NH+]([O-])c1cc(B2OC(C)(C)C(C)(C)O2)ccc1NC(C)(C)C. The van der Waals surface area contributed by atoms with Crippen LogP contribution in [0.15, 0.2) is 18.2 Å². The molecule has 1 unspecified atom stereocenters. The van der Waals surface area contributed by atoms with Crippen LogP contribution in [0.2, 0.25) is 0 Å². The molecule has 1 atom stereocenters. The van der Waals surface area contributed by atoms with Gasteiger partial charge in [0.1, 0.15) is 0 Å². The van der Waals surface area contributed by atoms with Crippen LogP contribution >= 0.6 is 0 Å². The topological polar surface area (TPSA) is 58.0 Å². The van der Waals surface area contributed by atoms with Gasteiger partial charge in [0.15, 0.2) is 5.69 Å². The molecular weight excluding hydrogens is 291 g/mol. The highest BCUT2D eigenvalue weighted by molar-refractivity contribution is 6.62. The zero-order chi connectivity index (χ0) is 17.6. The Bertz CT molecular complexity index is 564. The van der Waals surface area contributed by atoms with Crippen molar-refractivity contribution in [1.82, 2.24) is 0 Å². The van der Waals surface area contributed by atoms with Crippen LogP contribution in [0.4, 0.5) is 11.4 Å². The molecular formula is C17H29BN2O3. The number of hydrogen-bond donors (Lipinski definition) is 2. The molecule has 0 saturated carbocycles. The van der Waals surface area contributed by atoms with Gasteiger partial charge in [-0.1, -0.05) is 6.07 Å². The van der Waals surface area contributed by atoms with Gasteiger partial charge in [-0.15, -0.1) is 0 Å². The molecule has 1 aromatic carbocycles. The summed E-state index contributed by atoms with van der Waals surface area (Å²) in [7, 11) is 1.12. The standard InChI is InChI=1S/C17H29BN2O3/c1-15(2,3)19-13-10-9-12(11-14(13)20(8)21)18-22-16(4,5)17(6,7)23-18/h9-11,19-20H,1-8H3. The molecule has 1 saturated heterocycles. The Balaban J connectivity index is 2.34. The summed E-state index contributed by atoms with van der Waals surface area (Å²) in [5, 5.41) is 15.5. The summed E-state index contributed by atoms with van der Waals surface area (Å²) < 4.78 is 12.1. The fourth-order valence-electron chi connectivity index (χ4n) is 2.49. The first-order chi connectivity index (χ1) is 10.3. The number of benzene rings is 1. The van der Waals surface area contributed by atoms with Crippen molar-refractivity contribution in [2.24, 2.45) is 0 Å². The summed E-state index contributed by atoms with van der Waals surface area (Å²) in [6, 6.07) is 5.77. The van der Waals surface area contributed by atoms with Crippen LogP contribution in [0.1, 0.15) is 48.5 Å². The molecule has 0 spiro atoms. The summed E-state index contributed by atoms with van der Waals surface area (Å²) >= 11 is 0. The van der Waals surface area contributed by atoms with Gasteiger partial charge >= 0.3 is 7.12 Å². The van der Waals surface area contributed by atoms with Crippen molar-refractivity contribution >= 4 is 24.0 Å². The van der Waals surface area contributed by atoms with Crippen LogP contribution in [-0.2, 0) is 9.31 Å². The van der Waals surface area contributed by atoms with Gasteiger partial charge in [0.25, 0.3) is 0 Å². The van der Waals surface area contributed by atoms with E-state index < -0.39 is 18.3 Å². The van der Waals surface area contributed by atoms with E-state index in [1.165, 1.54) is 0 Å². The van der Waals surface area contributed by atoms with Crippen molar-refractivity contribution in [2.75, 3.05) is 12.4 Å². The van der Waals surface area contributed by atoms with Crippen LogP contribution in [0, 0.1) is 5.21 Å². The van der Waals surface area contributed by atoms with E-state index in [-0.39, 0.29) is 10.6 Å². The molecule has 1 fully saturated rings. The second-order valence-electron chi connectivity index (χ2n) is 8.32. The van der Waals surface area contributed by atoms with E-state index in [1.54, 1.807) is 7.05 Å². The van der Waals surface area contributed by atoms with Crippen molar-refractivity contribution in [3.05, 3.63) is 23.4 Å². The van der Waals surface area contributed by atoms with Gasteiger partial charge in [-0.05, 0) is 60.0 Å². The Morgan fingerprint density at radius 1 is 1.09 bits per heavy atom. The fourth-order valence-corrected chi connectivity index (χ4v) is 2.49. The fraction of sp³-hybridized carbons (Fsp3) is 0.647. The maximum absolute atomic E-state index is 12.1. The molecule has 5 nitrogen and oxygen atoms in total. The van der Waals surface area contributed by atoms with Gasteiger partial charge in [-0.2, -0.15) is 0 Å². The number of anilines is 1. The Morgan fingerprint density at radius 3 is 2.04 bits per heavy atom.